The molecule has 1 aliphatic heterocycles. The number of phenolic OH excluding ortho intramolecular Hbond substituents is 1. The minimum absolute atomic E-state index is 0.00716. The number of fused-ring (bicyclic) bond motifs is 1. The molecular weight excluding hydrogens is 490 g/mol. The maximum Gasteiger partial charge on any atom is 0.586 e. The van der Waals surface area contributed by atoms with E-state index in [0.29, 0.717) is 5.56 Å². The molecule has 0 aromatic heterocycles. The molecule has 0 aliphatic carbocycles. The molecule has 0 saturated carbocycles. The quantitative estimate of drug-likeness (QED) is 0.377. The number of carbonyl (C=O) groups is 1. The van der Waals surface area contributed by atoms with Crippen molar-refractivity contribution < 1.29 is 46.8 Å². The van der Waals surface area contributed by atoms with Crippen molar-refractivity contribution in [1.29, 1.82) is 0 Å². The Labute approximate surface area is 200 Å². The second kappa shape index (κ2) is 10.2. The molecule has 2 aromatic rings. The van der Waals surface area contributed by atoms with Crippen molar-refractivity contribution >= 4 is 16.1 Å². The lowest BCUT2D eigenvalue weighted by molar-refractivity contribution is -0.286. The van der Waals surface area contributed by atoms with Crippen LogP contribution < -0.4 is 14.8 Å². The second-order valence-electron chi connectivity index (χ2n) is 8.49. The maximum absolute atomic E-state index is 13.4. The van der Waals surface area contributed by atoms with Crippen LogP contribution in [0.1, 0.15) is 19.4 Å². The Bertz CT molecular complexity index is 1160. The number of aliphatic hydroxyl groups excluding tert-OH is 1. The van der Waals surface area contributed by atoms with Crippen molar-refractivity contribution in [2.45, 2.75) is 43.6 Å². The van der Waals surface area contributed by atoms with Crippen LogP contribution in [-0.4, -0.2) is 65.7 Å². The number of halogens is 2. The number of nitrogens with one attached hydrogen (secondary N) is 1. The summed E-state index contributed by atoms with van der Waals surface area (Å²) in [5, 5.41) is 31.7. The zero-order chi connectivity index (χ0) is 26.0. The molecule has 0 unspecified atom stereocenters. The molecule has 35 heavy (non-hydrogen) atoms. The predicted octanol–water partition coefficient (Wildman–Crippen LogP) is 2.60. The van der Waals surface area contributed by atoms with E-state index in [9.17, 15) is 37.3 Å². The molecule has 13 heteroatoms. The van der Waals surface area contributed by atoms with E-state index in [1.165, 1.54) is 12.1 Å². The average Bonchev–Trinajstić information content (AvgIpc) is 3.06. The van der Waals surface area contributed by atoms with Crippen LogP contribution in [0.2, 0.25) is 0 Å². The van der Waals surface area contributed by atoms with Gasteiger partial charge in [0, 0.05) is 19.2 Å². The standard InChI is InChI=1S/C22H26F2N2O8S/c1-13(2)11-26(35(31,32)16-7-8-19-20(10-16)34-22(23,24)33-19)12-18(28)17(25-21(29)30)9-14-3-5-15(27)6-4-14/h3-8,10,13,17-18,25,27-28H,9,11-12H2,1-2H3,(H,29,30)/t17-,18+/m0/s1. The largest absolute Gasteiger partial charge is 0.586 e. The number of alkyl halides is 2. The van der Waals surface area contributed by atoms with Crippen molar-refractivity contribution in [2.75, 3.05) is 13.1 Å². The number of amides is 1. The van der Waals surface area contributed by atoms with Gasteiger partial charge in [-0.05, 0) is 42.2 Å². The summed E-state index contributed by atoms with van der Waals surface area (Å²) in [4.78, 5) is 11.0. The second-order valence-corrected chi connectivity index (χ2v) is 10.4. The van der Waals surface area contributed by atoms with E-state index in [2.05, 4.69) is 14.8 Å². The van der Waals surface area contributed by atoms with Crippen LogP contribution >= 0.6 is 0 Å². The molecule has 1 heterocycles. The van der Waals surface area contributed by atoms with E-state index in [1.54, 1.807) is 26.0 Å². The Morgan fingerprint density at radius 3 is 2.31 bits per heavy atom. The van der Waals surface area contributed by atoms with Crippen molar-refractivity contribution in [3.05, 3.63) is 48.0 Å². The van der Waals surface area contributed by atoms with Gasteiger partial charge in [-0.25, -0.2) is 13.2 Å². The number of sulfonamides is 1. The first-order valence-electron chi connectivity index (χ1n) is 10.6. The number of phenols is 1. The van der Waals surface area contributed by atoms with E-state index in [0.717, 1.165) is 22.5 Å². The zero-order valence-electron chi connectivity index (χ0n) is 18.9. The van der Waals surface area contributed by atoms with Gasteiger partial charge in [0.15, 0.2) is 11.5 Å². The smallest absolute Gasteiger partial charge is 0.508 e. The van der Waals surface area contributed by atoms with Gasteiger partial charge in [-0.15, -0.1) is 8.78 Å². The maximum atomic E-state index is 13.4. The third-order valence-electron chi connectivity index (χ3n) is 5.14. The van der Waals surface area contributed by atoms with Crippen molar-refractivity contribution in [2.24, 2.45) is 5.92 Å². The highest BCUT2D eigenvalue weighted by Crippen LogP contribution is 2.42. The van der Waals surface area contributed by atoms with Gasteiger partial charge in [0.2, 0.25) is 10.0 Å². The Hall–Kier alpha value is -3.16. The van der Waals surface area contributed by atoms with Crippen molar-refractivity contribution in [1.82, 2.24) is 9.62 Å². The lowest BCUT2D eigenvalue weighted by atomic mass is 10.0. The Kier molecular flexibility index (Phi) is 7.72. The van der Waals surface area contributed by atoms with E-state index in [4.69, 9.17) is 0 Å². The molecule has 3 rings (SSSR count). The van der Waals surface area contributed by atoms with E-state index >= 15 is 0 Å². The number of nitrogens with zero attached hydrogens (tertiary/aromatic N) is 1. The van der Waals surface area contributed by atoms with Crippen molar-refractivity contribution in [3.63, 3.8) is 0 Å². The highest BCUT2D eigenvalue weighted by Gasteiger charge is 2.44. The molecule has 4 N–H and O–H groups in total. The molecule has 2 atom stereocenters. The van der Waals surface area contributed by atoms with E-state index < -0.39 is 46.9 Å². The SMILES string of the molecule is CC(C)CN(C[C@@H](O)[C@H](Cc1ccc(O)cc1)NC(=O)O)S(=O)(=O)c1ccc2c(c1)OC(F)(F)O2. The van der Waals surface area contributed by atoms with Crippen LogP contribution in [-0.2, 0) is 16.4 Å². The summed E-state index contributed by atoms with van der Waals surface area (Å²) in [5.74, 6) is -0.936. The number of aliphatic hydroxyl groups is 1. The predicted molar refractivity (Wildman–Crippen MR) is 119 cm³/mol. The van der Waals surface area contributed by atoms with Gasteiger partial charge in [0.1, 0.15) is 5.75 Å². The minimum atomic E-state index is -4.31. The fourth-order valence-electron chi connectivity index (χ4n) is 3.58. The van der Waals surface area contributed by atoms with Crippen LogP contribution in [0.15, 0.2) is 47.4 Å². The molecule has 192 valence electrons. The minimum Gasteiger partial charge on any atom is -0.508 e. The summed E-state index contributed by atoms with van der Waals surface area (Å²) in [6.45, 7) is 2.98. The van der Waals surface area contributed by atoms with E-state index in [1.807, 2.05) is 0 Å². The molecule has 0 fully saturated rings. The molecular formula is C22H26F2N2O8S. The molecule has 0 spiro atoms. The highest BCUT2D eigenvalue weighted by molar-refractivity contribution is 7.89. The average molecular weight is 517 g/mol. The monoisotopic (exact) mass is 516 g/mol. The van der Waals surface area contributed by atoms with Crippen LogP contribution in [0.25, 0.3) is 0 Å². The lowest BCUT2D eigenvalue weighted by Crippen LogP contribution is -2.50. The molecule has 2 aromatic carbocycles. The summed E-state index contributed by atoms with van der Waals surface area (Å²) in [5.41, 5.74) is 0.593. The van der Waals surface area contributed by atoms with E-state index in [-0.39, 0.29) is 35.3 Å². The van der Waals surface area contributed by atoms with Gasteiger partial charge >= 0.3 is 12.4 Å². The van der Waals surface area contributed by atoms with Crippen LogP contribution in [0, 0.1) is 5.92 Å². The first-order chi connectivity index (χ1) is 16.3. The van der Waals surface area contributed by atoms with Crippen LogP contribution in [0.3, 0.4) is 0 Å². The first kappa shape index (κ1) is 26.4. The third kappa shape index (κ3) is 6.71. The zero-order valence-corrected chi connectivity index (χ0v) is 19.7. The third-order valence-corrected chi connectivity index (χ3v) is 6.96. The number of carboxylic acid groups (broad SMARTS) is 1. The molecule has 0 bridgehead atoms. The van der Waals surface area contributed by atoms with Gasteiger partial charge in [0.25, 0.3) is 0 Å². The lowest BCUT2D eigenvalue weighted by Gasteiger charge is -2.30. The van der Waals surface area contributed by atoms with Gasteiger partial charge in [-0.1, -0.05) is 26.0 Å². The number of hydrogen-bond acceptors (Lipinski definition) is 7. The number of hydrogen-bond donors (Lipinski definition) is 4. The Morgan fingerprint density at radius 1 is 1.09 bits per heavy atom. The highest BCUT2D eigenvalue weighted by atomic mass is 32.2. The first-order valence-corrected chi connectivity index (χ1v) is 12.1. The fourth-order valence-corrected chi connectivity index (χ4v) is 5.22. The number of rotatable bonds is 10. The Balaban J connectivity index is 1.86. The number of aromatic hydroxyl groups is 1. The molecule has 1 amide bonds. The Morgan fingerprint density at radius 2 is 1.71 bits per heavy atom. The number of benzene rings is 2. The normalized spacial score (nSPS) is 16.3. The number of ether oxygens (including phenoxy) is 2. The fraction of sp³-hybridized carbons (Fsp3) is 0.409. The molecule has 10 nitrogen and oxygen atoms in total. The van der Waals surface area contributed by atoms with Gasteiger partial charge in [-0.2, -0.15) is 4.31 Å². The molecule has 0 radical (unpaired) electrons. The summed E-state index contributed by atoms with van der Waals surface area (Å²) in [7, 11) is -4.31. The van der Waals surface area contributed by atoms with Gasteiger partial charge in [-0.3, -0.25) is 0 Å². The summed E-state index contributed by atoms with van der Waals surface area (Å²) >= 11 is 0. The molecule has 1 aliphatic rings. The topological polar surface area (TPSA) is 146 Å². The van der Waals surface area contributed by atoms with Gasteiger partial charge in [0.05, 0.1) is 17.0 Å². The van der Waals surface area contributed by atoms with Gasteiger partial charge < -0.3 is 30.1 Å². The van der Waals surface area contributed by atoms with Crippen molar-refractivity contribution in [3.8, 4) is 17.2 Å². The summed E-state index contributed by atoms with van der Waals surface area (Å²) in [6, 6.07) is 7.85. The summed E-state index contributed by atoms with van der Waals surface area (Å²) < 4.78 is 63.1. The van der Waals surface area contributed by atoms with Crippen LogP contribution in [0.5, 0.6) is 17.2 Å². The molecule has 0 saturated heterocycles. The summed E-state index contributed by atoms with van der Waals surface area (Å²) in [6.07, 6.45) is -6.78. The van der Waals surface area contributed by atoms with Crippen LogP contribution in [0.4, 0.5) is 13.6 Å².